The van der Waals surface area contributed by atoms with E-state index >= 15 is 0 Å². The van der Waals surface area contributed by atoms with Gasteiger partial charge in [-0.25, -0.2) is 4.98 Å². The summed E-state index contributed by atoms with van der Waals surface area (Å²) in [6, 6.07) is 0.454. The van der Waals surface area contributed by atoms with Gasteiger partial charge in [-0.2, -0.15) is 0 Å². The third kappa shape index (κ3) is 3.60. The van der Waals surface area contributed by atoms with Crippen molar-refractivity contribution >= 4 is 11.3 Å². The molecular weight excluding hydrogens is 268 g/mol. The Bertz CT molecular complexity index is 426. The summed E-state index contributed by atoms with van der Waals surface area (Å²) < 4.78 is 5.66. The molecular formula is C16H28N2OS. The van der Waals surface area contributed by atoms with Gasteiger partial charge in [0.15, 0.2) is 0 Å². The van der Waals surface area contributed by atoms with Gasteiger partial charge in [-0.15, -0.1) is 11.3 Å². The summed E-state index contributed by atoms with van der Waals surface area (Å²) in [5.41, 5.74) is 1.32. The molecule has 2 rings (SSSR count). The Kier molecular flexibility index (Phi) is 4.88. The van der Waals surface area contributed by atoms with Gasteiger partial charge in [0.25, 0.3) is 0 Å². The van der Waals surface area contributed by atoms with Gasteiger partial charge in [-0.3, -0.25) is 0 Å². The number of nitrogens with zero attached hydrogens (tertiary/aromatic N) is 1. The van der Waals surface area contributed by atoms with Crippen molar-refractivity contribution in [2.75, 3.05) is 13.2 Å². The molecule has 0 saturated carbocycles. The smallest absolute Gasteiger partial charge is 0.113 e. The largest absolute Gasteiger partial charge is 0.381 e. The second-order valence-corrected chi connectivity index (χ2v) is 7.99. The molecule has 2 heterocycles. The summed E-state index contributed by atoms with van der Waals surface area (Å²) >= 11 is 1.80. The van der Waals surface area contributed by atoms with Gasteiger partial charge in [-0.05, 0) is 33.1 Å². The second-order valence-electron chi connectivity index (χ2n) is 7.13. The van der Waals surface area contributed by atoms with Crippen LogP contribution >= 0.6 is 11.3 Å². The summed E-state index contributed by atoms with van der Waals surface area (Å²) in [5.74, 6) is 0. The molecule has 1 N–H and O–H groups in total. The van der Waals surface area contributed by atoms with E-state index in [1.807, 2.05) is 0 Å². The van der Waals surface area contributed by atoms with Crippen molar-refractivity contribution in [1.82, 2.24) is 10.3 Å². The fourth-order valence-electron chi connectivity index (χ4n) is 2.76. The van der Waals surface area contributed by atoms with Crippen molar-refractivity contribution in [3.8, 4) is 0 Å². The summed E-state index contributed by atoms with van der Waals surface area (Å²) in [4.78, 5) is 4.97. The minimum atomic E-state index is -0.00116. The fourth-order valence-corrected chi connectivity index (χ4v) is 4.03. The minimum Gasteiger partial charge on any atom is -0.381 e. The molecule has 1 unspecified atom stereocenters. The standard InChI is InChI=1S/C16H28N2OS/c1-12(2)18-16(7-6-9-19-10-8-16)14-17-13(11-20-14)15(3,4)5/h11-12,18H,6-10H2,1-5H3. The van der Waals surface area contributed by atoms with Crippen LogP contribution in [-0.2, 0) is 15.7 Å². The van der Waals surface area contributed by atoms with Gasteiger partial charge in [0.2, 0.25) is 0 Å². The van der Waals surface area contributed by atoms with E-state index in [1.165, 1.54) is 10.7 Å². The molecule has 1 atom stereocenters. The molecule has 1 aromatic rings. The number of rotatable bonds is 3. The Balaban J connectivity index is 2.32. The maximum Gasteiger partial charge on any atom is 0.113 e. The molecule has 1 aromatic heterocycles. The highest BCUT2D eigenvalue weighted by atomic mass is 32.1. The zero-order valence-electron chi connectivity index (χ0n) is 13.5. The predicted octanol–water partition coefficient (Wildman–Crippen LogP) is 3.83. The van der Waals surface area contributed by atoms with E-state index in [0.717, 1.165) is 32.5 Å². The SMILES string of the molecule is CC(C)NC1(c2nc(C(C)(C)C)cs2)CCCOCC1. The number of thiazole rings is 1. The molecule has 1 aliphatic rings. The van der Waals surface area contributed by atoms with Crippen molar-refractivity contribution in [2.45, 2.75) is 70.9 Å². The Morgan fingerprint density at radius 2 is 2.05 bits per heavy atom. The average molecular weight is 296 g/mol. The van der Waals surface area contributed by atoms with Gasteiger partial charge in [0.1, 0.15) is 5.01 Å². The lowest BCUT2D eigenvalue weighted by molar-refractivity contribution is 0.135. The molecule has 3 nitrogen and oxygen atoms in total. The molecule has 1 saturated heterocycles. The molecule has 0 bridgehead atoms. The monoisotopic (exact) mass is 296 g/mol. The zero-order valence-corrected chi connectivity index (χ0v) is 14.3. The van der Waals surface area contributed by atoms with Crippen molar-refractivity contribution in [3.05, 3.63) is 16.1 Å². The van der Waals surface area contributed by atoms with E-state index in [9.17, 15) is 0 Å². The second kappa shape index (κ2) is 6.12. The first kappa shape index (κ1) is 15.9. The quantitative estimate of drug-likeness (QED) is 0.920. The molecule has 1 fully saturated rings. The first-order chi connectivity index (χ1) is 9.33. The van der Waals surface area contributed by atoms with Crippen LogP contribution in [0.25, 0.3) is 0 Å². The van der Waals surface area contributed by atoms with E-state index in [1.54, 1.807) is 11.3 Å². The van der Waals surface area contributed by atoms with Gasteiger partial charge in [-0.1, -0.05) is 20.8 Å². The van der Waals surface area contributed by atoms with Crippen LogP contribution in [0, 0.1) is 0 Å². The third-order valence-corrected chi connectivity index (χ3v) is 4.86. The van der Waals surface area contributed by atoms with Gasteiger partial charge in [0, 0.05) is 30.1 Å². The lowest BCUT2D eigenvalue weighted by Gasteiger charge is -2.34. The van der Waals surface area contributed by atoms with E-state index in [4.69, 9.17) is 9.72 Å². The molecule has 0 radical (unpaired) electrons. The number of nitrogens with one attached hydrogen (secondary N) is 1. The van der Waals surface area contributed by atoms with Gasteiger partial charge >= 0.3 is 0 Å². The Morgan fingerprint density at radius 3 is 2.65 bits per heavy atom. The van der Waals surface area contributed by atoms with E-state index in [0.29, 0.717) is 6.04 Å². The predicted molar refractivity (Wildman–Crippen MR) is 85.4 cm³/mol. The Labute approximate surface area is 127 Å². The molecule has 0 aliphatic carbocycles. The molecule has 4 heteroatoms. The first-order valence-corrected chi connectivity index (χ1v) is 8.53. The number of ether oxygens (including phenoxy) is 1. The van der Waals surface area contributed by atoms with Crippen molar-refractivity contribution in [2.24, 2.45) is 0 Å². The highest BCUT2D eigenvalue weighted by molar-refractivity contribution is 7.09. The van der Waals surface area contributed by atoms with Crippen molar-refractivity contribution < 1.29 is 4.74 Å². The average Bonchev–Trinajstić information content (AvgIpc) is 2.72. The maximum atomic E-state index is 5.66. The highest BCUT2D eigenvalue weighted by Gasteiger charge is 2.37. The number of hydrogen-bond donors (Lipinski definition) is 1. The maximum absolute atomic E-state index is 5.66. The lowest BCUT2D eigenvalue weighted by Crippen LogP contribution is -2.46. The van der Waals surface area contributed by atoms with Crippen LogP contribution in [0.5, 0.6) is 0 Å². The van der Waals surface area contributed by atoms with Crippen LogP contribution in [0.1, 0.15) is 64.6 Å². The third-order valence-electron chi connectivity index (χ3n) is 3.81. The zero-order chi connectivity index (χ0) is 14.8. The normalized spacial score (nSPS) is 24.9. The van der Waals surface area contributed by atoms with Crippen LogP contribution in [-0.4, -0.2) is 24.2 Å². The van der Waals surface area contributed by atoms with Crippen LogP contribution in [0.3, 0.4) is 0 Å². The Morgan fingerprint density at radius 1 is 1.30 bits per heavy atom. The fraction of sp³-hybridized carbons (Fsp3) is 0.812. The van der Waals surface area contributed by atoms with Gasteiger partial charge in [0.05, 0.1) is 11.2 Å². The number of hydrogen-bond acceptors (Lipinski definition) is 4. The lowest BCUT2D eigenvalue weighted by atomic mass is 9.89. The molecule has 20 heavy (non-hydrogen) atoms. The van der Waals surface area contributed by atoms with E-state index in [2.05, 4.69) is 45.3 Å². The topological polar surface area (TPSA) is 34.2 Å². The van der Waals surface area contributed by atoms with Crippen LogP contribution in [0.2, 0.25) is 0 Å². The van der Waals surface area contributed by atoms with Crippen LogP contribution in [0.4, 0.5) is 0 Å². The first-order valence-electron chi connectivity index (χ1n) is 7.65. The molecule has 114 valence electrons. The van der Waals surface area contributed by atoms with E-state index in [-0.39, 0.29) is 11.0 Å². The summed E-state index contributed by atoms with van der Waals surface area (Å²) in [6.07, 6.45) is 3.23. The number of aromatic nitrogens is 1. The highest BCUT2D eigenvalue weighted by Crippen LogP contribution is 2.36. The molecule has 0 spiro atoms. The molecule has 0 amide bonds. The van der Waals surface area contributed by atoms with Gasteiger partial charge < -0.3 is 10.1 Å². The molecule has 1 aliphatic heterocycles. The summed E-state index contributed by atoms with van der Waals surface area (Å²) in [7, 11) is 0. The molecule has 0 aromatic carbocycles. The Hall–Kier alpha value is -0.450. The van der Waals surface area contributed by atoms with Crippen molar-refractivity contribution in [1.29, 1.82) is 0 Å². The minimum absolute atomic E-state index is 0.00116. The van der Waals surface area contributed by atoms with Crippen molar-refractivity contribution in [3.63, 3.8) is 0 Å². The van der Waals surface area contributed by atoms with Crippen LogP contribution < -0.4 is 5.32 Å². The van der Waals surface area contributed by atoms with E-state index < -0.39 is 0 Å². The van der Waals surface area contributed by atoms with Crippen LogP contribution in [0.15, 0.2) is 5.38 Å². The summed E-state index contributed by atoms with van der Waals surface area (Å²) in [6.45, 7) is 12.8. The summed E-state index contributed by atoms with van der Waals surface area (Å²) in [5, 5.41) is 7.25.